The van der Waals surface area contributed by atoms with Crippen molar-refractivity contribution in [2.45, 2.75) is 12.8 Å². The van der Waals surface area contributed by atoms with Gasteiger partial charge in [0.25, 0.3) is 5.91 Å². The molecule has 2 heterocycles. The molecule has 122 valence electrons. The Kier molecular flexibility index (Phi) is 4.92. The minimum Gasteiger partial charge on any atom is -0.339 e. The number of hydrogen-bond donors (Lipinski definition) is 1. The van der Waals surface area contributed by atoms with Gasteiger partial charge in [0.05, 0.1) is 17.2 Å². The molecule has 2 amide bonds. The molecule has 1 aliphatic rings. The van der Waals surface area contributed by atoms with Crippen LogP contribution in [0, 0.1) is 17.2 Å². The van der Waals surface area contributed by atoms with Crippen LogP contribution in [0.25, 0.3) is 0 Å². The van der Waals surface area contributed by atoms with E-state index in [0.717, 1.165) is 5.56 Å². The third-order valence-corrected chi connectivity index (χ3v) is 4.89. The molecule has 1 saturated heterocycles. The number of anilines is 1. The molecule has 0 aliphatic carbocycles. The zero-order valence-electron chi connectivity index (χ0n) is 13.1. The summed E-state index contributed by atoms with van der Waals surface area (Å²) in [6.07, 6.45) is 1.33. The van der Waals surface area contributed by atoms with Crippen LogP contribution < -0.4 is 5.32 Å². The Morgan fingerprint density at radius 1 is 1.17 bits per heavy atom. The van der Waals surface area contributed by atoms with Crippen LogP contribution in [-0.4, -0.2) is 29.8 Å². The number of likely N-dealkylation sites (tertiary alicyclic amines) is 1. The van der Waals surface area contributed by atoms with E-state index >= 15 is 0 Å². The first-order chi connectivity index (χ1) is 11.7. The lowest BCUT2D eigenvalue weighted by atomic mass is 9.95. The Bertz CT molecular complexity index is 755. The van der Waals surface area contributed by atoms with Crippen molar-refractivity contribution in [3.8, 4) is 6.07 Å². The molecule has 0 unspecified atom stereocenters. The van der Waals surface area contributed by atoms with Crippen LogP contribution in [0.2, 0.25) is 0 Å². The molecule has 1 aromatic heterocycles. The molecule has 6 heteroatoms. The van der Waals surface area contributed by atoms with E-state index in [4.69, 9.17) is 5.26 Å². The van der Waals surface area contributed by atoms with Gasteiger partial charge < -0.3 is 10.2 Å². The Hall–Kier alpha value is -2.65. The highest BCUT2D eigenvalue weighted by molar-refractivity contribution is 7.08. The maximum atomic E-state index is 12.3. The number of piperidine rings is 1. The number of nitrogens with one attached hydrogen (secondary N) is 1. The van der Waals surface area contributed by atoms with Gasteiger partial charge in [-0.3, -0.25) is 9.59 Å². The highest BCUT2D eigenvalue weighted by Gasteiger charge is 2.27. The summed E-state index contributed by atoms with van der Waals surface area (Å²) in [4.78, 5) is 26.5. The molecule has 24 heavy (non-hydrogen) atoms. The van der Waals surface area contributed by atoms with Gasteiger partial charge in [0, 0.05) is 30.1 Å². The number of benzene rings is 1. The quantitative estimate of drug-likeness (QED) is 0.934. The van der Waals surface area contributed by atoms with E-state index in [1.807, 2.05) is 27.8 Å². The second-order valence-electron chi connectivity index (χ2n) is 5.76. The van der Waals surface area contributed by atoms with Crippen LogP contribution in [-0.2, 0) is 4.79 Å². The SMILES string of the molecule is N#Cc1ccc(NC(=O)C2CCN(C(=O)c3ccsc3)CC2)cc1. The lowest BCUT2D eigenvalue weighted by Gasteiger charge is -2.31. The average Bonchev–Trinajstić information content (AvgIpc) is 3.16. The van der Waals surface area contributed by atoms with Gasteiger partial charge in [-0.05, 0) is 48.6 Å². The first-order valence-corrected chi connectivity index (χ1v) is 8.74. The van der Waals surface area contributed by atoms with Crippen molar-refractivity contribution in [1.29, 1.82) is 5.26 Å². The van der Waals surface area contributed by atoms with E-state index in [1.165, 1.54) is 11.3 Å². The molecule has 1 aromatic carbocycles. The van der Waals surface area contributed by atoms with E-state index in [-0.39, 0.29) is 17.7 Å². The van der Waals surface area contributed by atoms with Gasteiger partial charge in [0.1, 0.15) is 0 Å². The van der Waals surface area contributed by atoms with Crippen molar-refractivity contribution < 1.29 is 9.59 Å². The van der Waals surface area contributed by atoms with Crippen molar-refractivity contribution in [3.05, 3.63) is 52.2 Å². The Balaban J connectivity index is 1.53. The third-order valence-electron chi connectivity index (χ3n) is 4.20. The van der Waals surface area contributed by atoms with E-state index < -0.39 is 0 Å². The smallest absolute Gasteiger partial charge is 0.254 e. The second-order valence-corrected chi connectivity index (χ2v) is 6.54. The van der Waals surface area contributed by atoms with Crippen LogP contribution >= 0.6 is 11.3 Å². The number of amides is 2. The van der Waals surface area contributed by atoms with Gasteiger partial charge in [-0.1, -0.05) is 0 Å². The topological polar surface area (TPSA) is 73.2 Å². The molecule has 0 radical (unpaired) electrons. The van der Waals surface area contributed by atoms with Crippen molar-refractivity contribution in [1.82, 2.24) is 4.90 Å². The molecule has 3 rings (SSSR count). The molecule has 2 aromatic rings. The highest BCUT2D eigenvalue weighted by atomic mass is 32.1. The maximum Gasteiger partial charge on any atom is 0.254 e. The summed E-state index contributed by atoms with van der Waals surface area (Å²) < 4.78 is 0. The fourth-order valence-electron chi connectivity index (χ4n) is 2.79. The first kappa shape index (κ1) is 16.2. The monoisotopic (exact) mass is 339 g/mol. The number of carbonyl (C=O) groups excluding carboxylic acids is 2. The molecule has 1 fully saturated rings. The van der Waals surface area contributed by atoms with Gasteiger partial charge in [0.15, 0.2) is 0 Å². The average molecular weight is 339 g/mol. The van der Waals surface area contributed by atoms with Crippen molar-refractivity contribution in [2.75, 3.05) is 18.4 Å². The highest BCUT2D eigenvalue weighted by Crippen LogP contribution is 2.21. The summed E-state index contributed by atoms with van der Waals surface area (Å²) in [6, 6.07) is 10.7. The van der Waals surface area contributed by atoms with Crippen molar-refractivity contribution in [3.63, 3.8) is 0 Å². The lowest BCUT2D eigenvalue weighted by molar-refractivity contribution is -0.121. The summed E-state index contributed by atoms with van der Waals surface area (Å²) >= 11 is 1.51. The van der Waals surface area contributed by atoms with E-state index in [9.17, 15) is 9.59 Å². The number of nitrogens with zero attached hydrogens (tertiary/aromatic N) is 2. The number of hydrogen-bond acceptors (Lipinski definition) is 4. The summed E-state index contributed by atoms with van der Waals surface area (Å²) in [7, 11) is 0. The van der Waals surface area contributed by atoms with Gasteiger partial charge >= 0.3 is 0 Å². The van der Waals surface area contributed by atoms with Crippen LogP contribution in [0.5, 0.6) is 0 Å². The van der Waals surface area contributed by atoms with Gasteiger partial charge in [-0.25, -0.2) is 0 Å². The molecule has 0 bridgehead atoms. The predicted molar refractivity (Wildman–Crippen MR) is 92.7 cm³/mol. The van der Waals surface area contributed by atoms with Gasteiger partial charge in [0.2, 0.25) is 5.91 Å². The summed E-state index contributed by atoms with van der Waals surface area (Å²) in [5.41, 5.74) is 1.98. The Morgan fingerprint density at radius 2 is 1.88 bits per heavy atom. The van der Waals surface area contributed by atoms with Crippen LogP contribution in [0.15, 0.2) is 41.1 Å². The van der Waals surface area contributed by atoms with Gasteiger partial charge in [-0.2, -0.15) is 16.6 Å². The fraction of sp³-hybridized carbons (Fsp3) is 0.278. The molecule has 1 N–H and O–H groups in total. The van der Waals surface area contributed by atoms with Crippen LogP contribution in [0.1, 0.15) is 28.8 Å². The van der Waals surface area contributed by atoms with Crippen LogP contribution in [0.4, 0.5) is 5.69 Å². The summed E-state index contributed by atoms with van der Waals surface area (Å²) in [5.74, 6) is -0.0725. The van der Waals surface area contributed by atoms with Crippen LogP contribution in [0.3, 0.4) is 0 Å². The molecule has 0 atom stereocenters. The molecular weight excluding hydrogens is 322 g/mol. The zero-order valence-corrected chi connectivity index (χ0v) is 13.9. The normalized spacial score (nSPS) is 14.9. The molecule has 0 saturated carbocycles. The maximum absolute atomic E-state index is 12.3. The number of nitriles is 1. The lowest BCUT2D eigenvalue weighted by Crippen LogP contribution is -2.41. The zero-order chi connectivity index (χ0) is 16.9. The number of carbonyl (C=O) groups is 2. The molecule has 0 spiro atoms. The Labute approximate surface area is 144 Å². The second kappa shape index (κ2) is 7.28. The molecular formula is C18H17N3O2S. The number of rotatable bonds is 3. The first-order valence-electron chi connectivity index (χ1n) is 7.80. The predicted octanol–water partition coefficient (Wildman–Crippen LogP) is 3.11. The molecule has 1 aliphatic heterocycles. The van der Waals surface area contributed by atoms with Gasteiger partial charge in [-0.15, -0.1) is 0 Å². The summed E-state index contributed by atoms with van der Waals surface area (Å²) in [6.45, 7) is 1.19. The minimum absolute atomic E-state index is 0.0256. The fourth-order valence-corrected chi connectivity index (χ4v) is 3.42. The standard InChI is InChI=1S/C18H17N3O2S/c19-11-13-1-3-16(4-2-13)20-17(22)14-5-8-21(9-6-14)18(23)15-7-10-24-12-15/h1-4,7,10,12,14H,5-6,8-9H2,(H,20,22). The minimum atomic E-state index is -0.0906. The van der Waals surface area contributed by atoms with Crippen molar-refractivity contribution >= 4 is 28.8 Å². The molecule has 5 nitrogen and oxygen atoms in total. The van der Waals surface area contributed by atoms with E-state index in [2.05, 4.69) is 5.32 Å². The van der Waals surface area contributed by atoms with E-state index in [0.29, 0.717) is 37.2 Å². The Morgan fingerprint density at radius 3 is 2.46 bits per heavy atom. The third kappa shape index (κ3) is 3.63. The van der Waals surface area contributed by atoms with E-state index in [1.54, 1.807) is 24.3 Å². The largest absolute Gasteiger partial charge is 0.339 e. The number of thiophene rings is 1. The summed E-state index contributed by atoms with van der Waals surface area (Å²) in [5, 5.41) is 15.4. The van der Waals surface area contributed by atoms with Crippen molar-refractivity contribution in [2.24, 2.45) is 5.92 Å².